The zero-order chi connectivity index (χ0) is 10.7. The van der Waals surface area contributed by atoms with Crippen LogP contribution in [0.4, 0.5) is 0 Å². The molecule has 1 unspecified atom stereocenters. The summed E-state index contributed by atoms with van der Waals surface area (Å²) in [5.41, 5.74) is 0. The van der Waals surface area contributed by atoms with E-state index in [1.54, 1.807) is 0 Å². The van der Waals surface area contributed by atoms with E-state index in [1.165, 1.54) is 0 Å². The third-order valence-corrected chi connectivity index (χ3v) is 2.67. The number of rotatable bonds is 4. The molecule has 0 saturated heterocycles. The second-order valence-electron chi connectivity index (χ2n) is 1.66. The molecule has 0 aliphatic carbocycles. The molecule has 0 radical (unpaired) electrons. The minimum Gasteiger partial charge on any atom is -0.367 e. The highest BCUT2D eigenvalue weighted by molar-refractivity contribution is 7.61. The summed E-state index contributed by atoms with van der Waals surface area (Å²) in [5.74, 6) is -1.33. The average molecular weight is 232 g/mol. The molecule has 76 valence electrons. The number of hydrogen-bond acceptors (Lipinski definition) is 5. The summed E-state index contributed by atoms with van der Waals surface area (Å²) >= 11 is 0. The van der Waals surface area contributed by atoms with Crippen molar-refractivity contribution in [1.29, 1.82) is 0 Å². The van der Waals surface area contributed by atoms with Crippen LogP contribution in [0, 0.1) is 0 Å². The van der Waals surface area contributed by atoms with E-state index in [9.17, 15) is 13.9 Å². The van der Waals surface area contributed by atoms with Crippen molar-refractivity contribution in [3.05, 3.63) is 12.7 Å². The maximum atomic E-state index is 10.5. The van der Waals surface area contributed by atoms with E-state index in [-0.39, 0.29) is 0 Å². The Morgan fingerprint density at radius 3 is 2.08 bits per heavy atom. The van der Waals surface area contributed by atoms with Crippen LogP contribution < -0.4 is 0 Å². The number of hydrogen-bond donors (Lipinski definition) is 3. The van der Waals surface area contributed by atoms with Crippen LogP contribution in [-0.2, 0) is 22.8 Å². The maximum Gasteiger partial charge on any atom is 0.538 e. The van der Waals surface area contributed by atoms with E-state index >= 15 is 0 Å². The molecule has 8 nitrogen and oxygen atoms in total. The molecular formula is C3H6O8P2. The van der Waals surface area contributed by atoms with Crippen molar-refractivity contribution in [3.8, 4) is 0 Å². The molecule has 0 aliphatic rings. The lowest BCUT2D eigenvalue weighted by Crippen LogP contribution is -1.99. The largest absolute Gasteiger partial charge is 0.538 e. The first-order valence-electron chi connectivity index (χ1n) is 2.62. The third kappa shape index (κ3) is 6.65. The first-order valence-corrected chi connectivity index (χ1v) is 5.64. The van der Waals surface area contributed by atoms with E-state index in [0.717, 1.165) is 0 Å². The molecule has 13 heavy (non-hydrogen) atoms. The Labute approximate surface area is 72.7 Å². The summed E-state index contributed by atoms with van der Waals surface area (Å²) in [4.78, 5) is 35.0. The molecule has 0 heterocycles. The van der Waals surface area contributed by atoms with Gasteiger partial charge in [-0.1, -0.05) is 6.58 Å². The Kier molecular flexibility index (Phi) is 3.99. The number of phosphoric acid groups is 2. The predicted octanol–water partition coefficient (Wildman–Crippen LogP) is -0.0747. The summed E-state index contributed by atoms with van der Waals surface area (Å²) in [7, 11) is -10.2. The first-order chi connectivity index (χ1) is 5.66. The molecule has 0 aromatic heterocycles. The lowest BCUT2D eigenvalue weighted by Gasteiger charge is -2.10. The van der Waals surface area contributed by atoms with Crippen molar-refractivity contribution >= 4 is 21.6 Å². The van der Waals surface area contributed by atoms with Crippen molar-refractivity contribution in [3.63, 3.8) is 0 Å². The highest BCUT2D eigenvalue weighted by Crippen LogP contribution is 2.57. The molecule has 0 aliphatic heterocycles. The van der Waals surface area contributed by atoms with Gasteiger partial charge in [0.05, 0.1) is 0 Å². The smallest absolute Gasteiger partial charge is 0.367 e. The second kappa shape index (κ2) is 4.15. The molecule has 0 saturated carbocycles. The maximum absolute atomic E-state index is 10.5. The van der Waals surface area contributed by atoms with Crippen LogP contribution >= 0.6 is 15.6 Å². The third-order valence-electron chi connectivity index (χ3n) is 0.582. The van der Waals surface area contributed by atoms with Crippen LogP contribution in [0.15, 0.2) is 12.7 Å². The Balaban J connectivity index is 4.43. The number of phosphoric ester groups is 1. The highest BCUT2D eigenvalue weighted by Gasteiger charge is 2.34. The van der Waals surface area contributed by atoms with Crippen LogP contribution in [-0.4, -0.2) is 20.6 Å². The van der Waals surface area contributed by atoms with Gasteiger partial charge in [0.2, 0.25) is 0 Å². The van der Waals surface area contributed by atoms with Crippen molar-refractivity contribution in [2.24, 2.45) is 0 Å². The Morgan fingerprint density at radius 2 is 1.77 bits per heavy atom. The first kappa shape index (κ1) is 12.5. The normalized spacial score (nSPS) is 15.9. The zero-order valence-electron chi connectivity index (χ0n) is 6.06. The molecule has 3 N–H and O–H groups in total. The van der Waals surface area contributed by atoms with Crippen LogP contribution in [0.25, 0.3) is 0 Å². The molecule has 10 heteroatoms. The fourth-order valence-corrected chi connectivity index (χ4v) is 1.81. The monoisotopic (exact) mass is 232 g/mol. The topological polar surface area (TPSA) is 130 Å². The zero-order valence-corrected chi connectivity index (χ0v) is 7.85. The summed E-state index contributed by atoms with van der Waals surface area (Å²) in [6.45, 7) is 2.88. The van der Waals surface area contributed by atoms with Gasteiger partial charge in [-0.3, -0.25) is 4.89 Å². The summed E-state index contributed by atoms with van der Waals surface area (Å²) in [5, 5.41) is 0. The quantitative estimate of drug-likeness (QED) is 0.453. The van der Waals surface area contributed by atoms with Gasteiger partial charge in [0.1, 0.15) is 0 Å². The van der Waals surface area contributed by atoms with Crippen molar-refractivity contribution in [2.45, 2.75) is 0 Å². The fraction of sp³-hybridized carbons (Fsp3) is 0. The minimum atomic E-state index is -5.18. The molecular weight excluding hydrogens is 226 g/mol. The van der Waals surface area contributed by atoms with Crippen LogP contribution in [0.5, 0.6) is 0 Å². The van der Waals surface area contributed by atoms with Crippen molar-refractivity contribution < 1.29 is 37.4 Å². The molecule has 0 aromatic carbocycles. The van der Waals surface area contributed by atoms with Gasteiger partial charge in [-0.25, -0.2) is 13.9 Å². The van der Waals surface area contributed by atoms with Crippen molar-refractivity contribution in [2.75, 3.05) is 0 Å². The van der Waals surface area contributed by atoms with Gasteiger partial charge in [-0.2, -0.15) is 4.31 Å². The number of carbonyl (C=O) groups excluding carboxylic acids is 1. The molecule has 0 rings (SSSR count). The molecule has 0 bridgehead atoms. The highest BCUT2D eigenvalue weighted by atomic mass is 31.3. The van der Waals surface area contributed by atoms with Gasteiger partial charge in [-0.15, -0.1) is 0 Å². The predicted molar refractivity (Wildman–Crippen MR) is 39.2 cm³/mol. The van der Waals surface area contributed by atoms with Gasteiger partial charge in [0.15, 0.2) is 0 Å². The van der Waals surface area contributed by atoms with Gasteiger partial charge >= 0.3 is 21.6 Å². The van der Waals surface area contributed by atoms with Crippen LogP contribution in [0.1, 0.15) is 0 Å². The fourth-order valence-electron chi connectivity index (χ4n) is 0.302. The molecule has 0 aromatic rings. The van der Waals surface area contributed by atoms with E-state index in [0.29, 0.717) is 6.08 Å². The summed E-state index contributed by atoms with van der Waals surface area (Å²) in [6, 6.07) is 0. The Morgan fingerprint density at radius 1 is 1.31 bits per heavy atom. The number of carbonyl (C=O) groups is 1. The summed E-state index contributed by atoms with van der Waals surface area (Å²) < 4.78 is 27.5. The Hall–Kier alpha value is -0.490. The summed E-state index contributed by atoms with van der Waals surface area (Å²) in [6.07, 6.45) is 0.534. The van der Waals surface area contributed by atoms with E-state index in [1.807, 2.05) is 0 Å². The van der Waals surface area contributed by atoms with Gasteiger partial charge in [0.25, 0.3) is 0 Å². The van der Waals surface area contributed by atoms with Crippen molar-refractivity contribution in [1.82, 2.24) is 0 Å². The van der Waals surface area contributed by atoms with Crippen LogP contribution in [0.2, 0.25) is 0 Å². The molecule has 0 fully saturated rings. The van der Waals surface area contributed by atoms with E-state index in [4.69, 9.17) is 14.7 Å². The van der Waals surface area contributed by atoms with Gasteiger partial charge in [-0.05, 0) is 0 Å². The molecule has 1 atom stereocenters. The van der Waals surface area contributed by atoms with E-state index in [2.05, 4.69) is 15.4 Å². The van der Waals surface area contributed by atoms with Gasteiger partial charge in [0, 0.05) is 6.08 Å². The van der Waals surface area contributed by atoms with Crippen LogP contribution in [0.3, 0.4) is 0 Å². The van der Waals surface area contributed by atoms with Gasteiger partial charge < -0.3 is 14.3 Å². The second-order valence-corrected chi connectivity index (χ2v) is 4.41. The lowest BCUT2D eigenvalue weighted by atomic mass is 10.7. The minimum absolute atomic E-state index is 0.534. The standard InChI is InChI=1S/C3H6O8P2/c1-2-3(4)10-13(8,9)11-12(5,6)7/h2H,1H2,(H,8,9)(H2,5,6,7). The van der Waals surface area contributed by atoms with E-state index < -0.39 is 21.6 Å². The molecule has 0 amide bonds. The SMILES string of the molecule is C=CC(=O)OP(=O)(O)OP(=O)(O)O. The molecule has 0 spiro atoms. The average Bonchev–Trinajstić information content (AvgIpc) is 1.80. The Bertz CT molecular complexity index is 301. The lowest BCUT2D eigenvalue weighted by molar-refractivity contribution is -0.130.